The molecule has 1 aliphatic heterocycles. The monoisotopic (exact) mass is 480 g/mol. The summed E-state index contributed by atoms with van der Waals surface area (Å²) in [5.41, 5.74) is 4.72. The molecule has 0 aliphatic carbocycles. The maximum Gasteiger partial charge on any atom is 0.137 e. The van der Waals surface area contributed by atoms with Gasteiger partial charge in [-0.25, -0.2) is 0 Å². The molecule has 140 valence electrons. The first-order valence-electron chi connectivity index (χ1n) is 9.32. The van der Waals surface area contributed by atoms with Crippen LogP contribution in [0.3, 0.4) is 0 Å². The van der Waals surface area contributed by atoms with E-state index in [4.69, 9.17) is 4.74 Å². The Bertz CT molecular complexity index is 801. The van der Waals surface area contributed by atoms with Crippen LogP contribution in [0, 0.1) is 19.8 Å². The smallest absolute Gasteiger partial charge is 0.137 e. The zero-order valence-electron chi connectivity index (χ0n) is 15.6. The van der Waals surface area contributed by atoms with Crippen LogP contribution in [-0.4, -0.2) is 11.2 Å². The van der Waals surface area contributed by atoms with Gasteiger partial charge in [0.05, 0.1) is 8.95 Å². The number of benzene rings is 2. The number of phenolic OH excluding ortho intramolecular Hbond substituents is 1. The average molecular weight is 482 g/mol. The molecule has 2 aromatic rings. The van der Waals surface area contributed by atoms with Crippen molar-refractivity contribution >= 4 is 31.9 Å². The van der Waals surface area contributed by atoms with Crippen LogP contribution in [0.4, 0.5) is 0 Å². The topological polar surface area (TPSA) is 29.5 Å². The second-order valence-electron chi connectivity index (χ2n) is 7.44. The van der Waals surface area contributed by atoms with E-state index in [2.05, 4.69) is 70.8 Å². The van der Waals surface area contributed by atoms with Gasteiger partial charge in [-0.3, -0.25) is 0 Å². The number of fused-ring (bicyclic) bond motifs is 1. The fourth-order valence-corrected chi connectivity index (χ4v) is 5.32. The SMILES string of the molecule is CCCC1Cc2cc(C)cc(Br)c2OC1CCc1cc(C)cc(Br)c1O. The summed E-state index contributed by atoms with van der Waals surface area (Å²) >= 11 is 7.12. The van der Waals surface area contributed by atoms with Gasteiger partial charge in [-0.1, -0.05) is 25.5 Å². The quantitative estimate of drug-likeness (QED) is 0.503. The lowest BCUT2D eigenvalue weighted by Gasteiger charge is -2.34. The van der Waals surface area contributed by atoms with Gasteiger partial charge in [0.15, 0.2) is 0 Å². The maximum absolute atomic E-state index is 10.4. The molecule has 0 saturated carbocycles. The summed E-state index contributed by atoms with van der Waals surface area (Å²) < 4.78 is 8.28. The highest BCUT2D eigenvalue weighted by Crippen LogP contribution is 2.41. The van der Waals surface area contributed by atoms with Crippen molar-refractivity contribution in [3.8, 4) is 11.5 Å². The first-order chi connectivity index (χ1) is 12.4. The molecule has 26 heavy (non-hydrogen) atoms. The summed E-state index contributed by atoms with van der Waals surface area (Å²) in [6.07, 6.45) is 5.30. The summed E-state index contributed by atoms with van der Waals surface area (Å²) in [7, 11) is 0. The van der Waals surface area contributed by atoms with Gasteiger partial charge in [0.1, 0.15) is 17.6 Å². The van der Waals surface area contributed by atoms with Crippen LogP contribution in [0.25, 0.3) is 0 Å². The first-order valence-corrected chi connectivity index (χ1v) is 10.9. The number of aryl methyl sites for hydroxylation is 3. The zero-order chi connectivity index (χ0) is 18.8. The highest BCUT2D eigenvalue weighted by Gasteiger charge is 2.30. The Morgan fingerprint density at radius 2 is 1.73 bits per heavy atom. The van der Waals surface area contributed by atoms with E-state index >= 15 is 0 Å². The lowest BCUT2D eigenvalue weighted by Crippen LogP contribution is -2.33. The van der Waals surface area contributed by atoms with Gasteiger partial charge in [-0.2, -0.15) is 0 Å². The fourth-order valence-electron chi connectivity index (χ4n) is 3.99. The minimum absolute atomic E-state index is 0.181. The molecule has 2 unspecified atom stereocenters. The number of phenols is 1. The van der Waals surface area contributed by atoms with E-state index in [1.807, 2.05) is 6.07 Å². The summed E-state index contributed by atoms with van der Waals surface area (Å²) in [6.45, 7) is 6.42. The van der Waals surface area contributed by atoms with Crippen molar-refractivity contribution in [1.29, 1.82) is 0 Å². The Morgan fingerprint density at radius 3 is 2.46 bits per heavy atom. The molecule has 0 spiro atoms. The zero-order valence-corrected chi connectivity index (χ0v) is 18.8. The van der Waals surface area contributed by atoms with Crippen LogP contribution >= 0.6 is 31.9 Å². The third-order valence-corrected chi connectivity index (χ3v) is 6.38. The van der Waals surface area contributed by atoms with Crippen LogP contribution in [-0.2, 0) is 12.8 Å². The Balaban J connectivity index is 1.81. The summed E-state index contributed by atoms with van der Waals surface area (Å²) in [5.74, 6) is 1.88. The Hall–Kier alpha value is -1.00. The Morgan fingerprint density at radius 1 is 1.04 bits per heavy atom. The van der Waals surface area contributed by atoms with Crippen molar-refractivity contribution in [3.63, 3.8) is 0 Å². The number of rotatable bonds is 5. The molecule has 0 radical (unpaired) electrons. The second-order valence-corrected chi connectivity index (χ2v) is 9.15. The number of hydrogen-bond donors (Lipinski definition) is 1. The van der Waals surface area contributed by atoms with Gasteiger partial charge < -0.3 is 9.84 Å². The lowest BCUT2D eigenvalue weighted by molar-refractivity contribution is 0.0975. The molecule has 0 aromatic heterocycles. The number of aromatic hydroxyl groups is 1. The van der Waals surface area contributed by atoms with Crippen molar-refractivity contribution in [1.82, 2.24) is 0 Å². The molecule has 3 rings (SSSR count). The molecule has 1 heterocycles. The molecular formula is C22H26Br2O2. The van der Waals surface area contributed by atoms with Crippen LogP contribution in [0.2, 0.25) is 0 Å². The van der Waals surface area contributed by atoms with Crippen molar-refractivity contribution in [2.45, 2.75) is 59.0 Å². The van der Waals surface area contributed by atoms with Crippen molar-refractivity contribution in [2.24, 2.45) is 5.92 Å². The van der Waals surface area contributed by atoms with E-state index < -0.39 is 0 Å². The minimum atomic E-state index is 0.181. The molecule has 1 aliphatic rings. The van der Waals surface area contributed by atoms with Crippen LogP contribution < -0.4 is 4.74 Å². The number of ether oxygens (including phenoxy) is 1. The predicted molar refractivity (Wildman–Crippen MR) is 114 cm³/mol. The van der Waals surface area contributed by atoms with E-state index in [-0.39, 0.29) is 6.10 Å². The molecule has 0 bridgehead atoms. The molecule has 2 nitrogen and oxygen atoms in total. The Kier molecular flexibility index (Phi) is 6.34. The lowest BCUT2D eigenvalue weighted by atomic mass is 9.84. The van der Waals surface area contributed by atoms with Crippen LogP contribution in [0.5, 0.6) is 11.5 Å². The molecule has 0 saturated heterocycles. The van der Waals surface area contributed by atoms with Crippen LogP contribution in [0.15, 0.2) is 33.2 Å². The molecule has 0 fully saturated rings. The Labute approximate surface area is 173 Å². The largest absolute Gasteiger partial charge is 0.506 e. The van der Waals surface area contributed by atoms with E-state index in [0.717, 1.165) is 51.5 Å². The van der Waals surface area contributed by atoms with E-state index in [1.54, 1.807) is 0 Å². The number of halogens is 2. The van der Waals surface area contributed by atoms with Gasteiger partial charge in [0, 0.05) is 0 Å². The maximum atomic E-state index is 10.4. The van der Waals surface area contributed by atoms with Crippen molar-refractivity contribution < 1.29 is 9.84 Å². The predicted octanol–water partition coefficient (Wildman–Crippen LogP) is 6.89. The van der Waals surface area contributed by atoms with Gasteiger partial charge in [-0.15, -0.1) is 0 Å². The number of hydrogen-bond acceptors (Lipinski definition) is 2. The normalized spacial score (nSPS) is 19.1. The minimum Gasteiger partial charge on any atom is -0.506 e. The van der Waals surface area contributed by atoms with Crippen molar-refractivity contribution in [2.75, 3.05) is 0 Å². The van der Waals surface area contributed by atoms with E-state index in [0.29, 0.717) is 11.7 Å². The fraction of sp³-hybridized carbons (Fsp3) is 0.455. The molecule has 0 amide bonds. The molecule has 2 aromatic carbocycles. The summed E-state index contributed by atoms with van der Waals surface area (Å²) in [4.78, 5) is 0. The second kappa shape index (κ2) is 8.35. The summed E-state index contributed by atoms with van der Waals surface area (Å²) in [6, 6.07) is 8.40. The van der Waals surface area contributed by atoms with Gasteiger partial charge in [-0.05, 0) is 112 Å². The first kappa shape index (κ1) is 19.8. The van der Waals surface area contributed by atoms with Crippen LogP contribution in [0.1, 0.15) is 48.4 Å². The molecular weight excluding hydrogens is 456 g/mol. The highest BCUT2D eigenvalue weighted by molar-refractivity contribution is 9.10. The average Bonchev–Trinajstić information content (AvgIpc) is 2.57. The standard InChI is InChI=1S/C22H26Br2O2/c1-4-5-15-12-17-9-14(3)11-19(24)22(17)26-20(15)7-6-16-8-13(2)10-18(23)21(16)25/h8-11,15,20,25H,4-7,12H2,1-3H3. The molecule has 2 atom stereocenters. The van der Waals surface area contributed by atoms with Gasteiger partial charge >= 0.3 is 0 Å². The third kappa shape index (κ3) is 4.28. The summed E-state index contributed by atoms with van der Waals surface area (Å²) in [5, 5.41) is 10.4. The highest BCUT2D eigenvalue weighted by atomic mass is 79.9. The van der Waals surface area contributed by atoms with E-state index in [9.17, 15) is 5.11 Å². The molecule has 4 heteroatoms. The van der Waals surface area contributed by atoms with Gasteiger partial charge in [0.2, 0.25) is 0 Å². The van der Waals surface area contributed by atoms with Gasteiger partial charge in [0.25, 0.3) is 0 Å². The molecule has 1 N–H and O–H groups in total. The van der Waals surface area contributed by atoms with Crippen molar-refractivity contribution in [3.05, 3.63) is 55.5 Å². The van der Waals surface area contributed by atoms with E-state index in [1.165, 1.54) is 17.5 Å². The third-order valence-electron chi connectivity index (χ3n) is 5.19.